The molecule has 0 amide bonds. The fourth-order valence-corrected chi connectivity index (χ4v) is 3.28. The first kappa shape index (κ1) is 13.2. The summed E-state index contributed by atoms with van der Waals surface area (Å²) in [5.74, 6) is 0.733. The van der Waals surface area contributed by atoms with Crippen molar-refractivity contribution in [1.29, 1.82) is 0 Å². The molecule has 0 radical (unpaired) electrons. The van der Waals surface area contributed by atoms with Crippen molar-refractivity contribution in [3.63, 3.8) is 0 Å². The Morgan fingerprint density at radius 1 is 1.37 bits per heavy atom. The van der Waals surface area contributed by atoms with Gasteiger partial charge in [0.1, 0.15) is 0 Å². The highest BCUT2D eigenvalue weighted by molar-refractivity contribution is 9.10. The summed E-state index contributed by atoms with van der Waals surface area (Å²) in [7, 11) is 0. The molecule has 3 rings (SSSR count). The lowest BCUT2D eigenvalue weighted by molar-refractivity contribution is 0.163. The second-order valence-corrected chi connectivity index (χ2v) is 6.52. The van der Waals surface area contributed by atoms with Crippen LogP contribution in [0.25, 0.3) is 0 Å². The summed E-state index contributed by atoms with van der Waals surface area (Å²) < 4.78 is 7.00. The van der Waals surface area contributed by atoms with Gasteiger partial charge in [-0.15, -0.1) is 5.10 Å². The Balaban J connectivity index is 1.46. The van der Waals surface area contributed by atoms with Crippen LogP contribution in [-0.2, 0) is 13.1 Å². The zero-order valence-electron chi connectivity index (χ0n) is 10.6. The van der Waals surface area contributed by atoms with Crippen molar-refractivity contribution in [2.75, 3.05) is 13.1 Å². The molecule has 102 valence electrons. The maximum atomic E-state index is 4.33. The summed E-state index contributed by atoms with van der Waals surface area (Å²) in [6, 6.07) is 0. The number of nitrogens with zero attached hydrogens (tertiary/aromatic N) is 5. The van der Waals surface area contributed by atoms with Crippen molar-refractivity contribution in [1.82, 2.24) is 24.3 Å². The van der Waals surface area contributed by atoms with Crippen LogP contribution in [0.15, 0.2) is 22.2 Å². The lowest BCUT2D eigenvalue weighted by Crippen LogP contribution is -2.34. The number of hydrogen-bond donors (Lipinski definition) is 0. The molecule has 0 atom stereocenters. The summed E-state index contributed by atoms with van der Waals surface area (Å²) in [6.45, 7) is 4.25. The molecule has 7 heteroatoms. The van der Waals surface area contributed by atoms with Crippen molar-refractivity contribution in [3.05, 3.63) is 27.9 Å². The smallest absolute Gasteiger partial charge is 0.0895 e. The van der Waals surface area contributed by atoms with E-state index in [1.54, 1.807) is 0 Å². The first-order chi connectivity index (χ1) is 9.29. The Hall–Kier alpha value is -0.790. The molecule has 2 aromatic heterocycles. The first-order valence-corrected chi connectivity index (χ1v) is 8.09. The Morgan fingerprint density at radius 3 is 2.84 bits per heavy atom. The SMILES string of the molecule is Brc1cnn(CC2CCN(Cc3csnn3)CC2)c1. The highest BCUT2D eigenvalue weighted by atomic mass is 79.9. The monoisotopic (exact) mass is 341 g/mol. The van der Waals surface area contributed by atoms with E-state index < -0.39 is 0 Å². The molecule has 0 unspecified atom stereocenters. The van der Waals surface area contributed by atoms with Crippen molar-refractivity contribution in [2.45, 2.75) is 25.9 Å². The summed E-state index contributed by atoms with van der Waals surface area (Å²) >= 11 is 4.87. The molecule has 1 fully saturated rings. The van der Waals surface area contributed by atoms with Crippen LogP contribution in [0.4, 0.5) is 0 Å². The minimum absolute atomic E-state index is 0.733. The Labute approximate surface area is 124 Å². The molecule has 1 aliphatic rings. The number of aromatic nitrogens is 4. The second-order valence-electron chi connectivity index (χ2n) is 5.00. The van der Waals surface area contributed by atoms with E-state index in [0.717, 1.165) is 42.3 Å². The Morgan fingerprint density at radius 2 is 2.21 bits per heavy atom. The quantitative estimate of drug-likeness (QED) is 0.856. The average Bonchev–Trinajstić information content (AvgIpc) is 3.04. The number of piperidine rings is 1. The molecule has 1 saturated heterocycles. The maximum Gasteiger partial charge on any atom is 0.0895 e. The highest BCUT2D eigenvalue weighted by Gasteiger charge is 2.20. The minimum Gasteiger partial charge on any atom is -0.297 e. The van der Waals surface area contributed by atoms with Gasteiger partial charge in [0.15, 0.2) is 0 Å². The number of hydrogen-bond acceptors (Lipinski definition) is 5. The van der Waals surface area contributed by atoms with Gasteiger partial charge in [0, 0.05) is 24.7 Å². The predicted molar refractivity (Wildman–Crippen MR) is 77.8 cm³/mol. The van der Waals surface area contributed by atoms with Gasteiger partial charge in [-0.05, 0) is 59.3 Å². The lowest BCUT2D eigenvalue weighted by atomic mass is 9.97. The second kappa shape index (κ2) is 6.11. The van der Waals surface area contributed by atoms with Crippen LogP contribution in [0.1, 0.15) is 18.5 Å². The van der Waals surface area contributed by atoms with Crippen LogP contribution in [0.2, 0.25) is 0 Å². The topological polar surface area (TPSA) is 46.8 Å². The van der Waals surface area contributed by atoms with Crippen LogP contribution in [0, 0.1) is 5.92 Å². The molecule has 2 aromatic rings. The van der Waals surface area contributed by atoms with Gasteiger partial charge >= 0.3 is 0 Å². The molecule has 0 bridgehead atoms. The minimum atomic E-state index is 0.733. The molecular formula is C12H16BrN5S. The number of rotatable bonds is 4. The van der Waals surface area contributed by atoms with Gasteiger partial charge in [-0.25, -0.2) is 0 Å². The summed E-state index contributed by atoms with van der Waals surface area (Å²) in [5.41, 5.74) is 1.10. The normalized spacial score (nSPS) is 17.9. The average molecular weight is 342 g/mol. The molecule has 0 aromatic carbocycles. The molecule has 19 heavy (non-hydrogen) atoms. The Kier molecular flexibility index (Phi) is 4.24. The largest absolute Gasteiger partial charge is 0.297 e. The van der Waals surface area contributed by atoms with Crippen molar-refractivity contribution in [3.8, 4) is 0 Å². The molecule has 0 spiro atoms. The third-order valence-corrected chi connectivity index (χ3v) is 4.51. The van der Waals surface area contributed by atoms with E-state index in [1.165, 1.54) is 24.4 Å². The zero-order valence-corrected chi connectivity index (χ0v) is 13.0. The molecule has 0 N–H and O–H groups in total. The van der Waals surface area contributed by atoms with E-state index >= 15 is 0 Å². The van der Waals surface area contributed by atoms with Gasteiger partial charge < -0.3 is 0 Å². The van der Waals surface area contributed by atoms with Gasteiger partial charge in [-0.1, -0.05) is 4.49 Å². The first-order valence-electron chi connectivity index (χ1n) is 6.46. The fraction of sp³-hybridized carbons (Fsp3) is 0.583. The standard InChI is InChI=1S/C12H16BrN5S/c13-11-5-14-18(7-11)6-10-1-3-17(4-2-10)8-12-9-19-16-15-12/h5,7,9-10H,1-4,6,8H2. The van der Waals surface area contributed by atoms with Crippen molar-refractivity contribution in [2.24, 2.45) is 5.92 Å². The maximum absolute atomic E-state index is 4.33. The summed E-state index contributed by atoms with van der Waals surface area (Å²) in [6.07, 6.45) is 6.36. The number of halogens is 1. The zero-order chi connectivity index (χ0) is 13.1. The van der Waals surface area contributed by atoms with E-state index in [2.05, 4.69) is 35.5 Å². The van der Waals surface area contributed by atoms with Crippen LogP contribution in [0.3, 0.4) is 0 Å². The number of likely N-dealkylation sites (tertiary alicyclic amines) is 1. The lowest BCUT2D eigenvalue weighted by Gasteiger charge is -2.31. The predicted octanol–water partition coefficient (Wildman–Crippen LogP) is 2.41. The van der Waals surface area contributed by atoms with Crippen LogP contribution >= 0.6 is 27.5 Å². The van der Waals surface area contributed by atoms with Crippen molar-refractivity contribution < 1.29 is 0 Å². The summed E-state index contributed by atoms with van der Waals surface area (Å²) in [4.78, 5) is 2.46. The van der Waals surface area contributed by atoms with Gasteiger partial charge in [0.25, 0.3) is 0 Å². The van der Waals surface area contributed by atoms with E-state index in [4.69, 9.17) is 0 Å². The van der Waals surface area contributed by atoms with Gasteiger partial charge in [0.05, 0.1) is 16.4 Å². The molecule has 0 aliphatic carbocycles. The van der Waals surface area contributed by atoms with E-state index in [-0.39, 0.29) is 0 Å². The van der Waals surface area contributed by atoms with Gasteiger partial charge in [-0.2, -0.15) is 5.10 Å². The van der Waals surface area contributed by atoms with Gasteiger partial charge in [0.2, 0.25) is 0 Å². The van der Waals surface area contributed by atoms with Crippen LogP contribution < -0.4 is 0 Å². The molecule has 0 saturated carbocycles. The highest BCUT2D eigenvalue weighted by Crippen LogP contribution is 2.21. The van der Waals surface area contributed by atoms with Gasteiger partial charge in [-0.3, -0.25) is 9.58 Å². The summed E-state index contributed by atoms with van der Waals surface area (Å²) in [5, 5.41) is 10.5. The fourth-order valence-electron chi connectivity index (χ4n) is 2.51. The molecule has 3 heterocycles. The molecule has 5 nitrogen and oxygen atoms in total. The molecular weight excluding hydrogens is 326 g/mol. The molecule has 1 aliphatic heterocycles. The van der Waals surface area contributed by atoms with Crippen molar-refractivity contribution >= 4 is 27.5 Å². The van der Waals surface area contributed by atoms with Crippen LogP contribution in [-0.4, -0.2) is 37.4 Å². The Bertz CT molecular complexity index is 504. The van der Waals surface area contributed by atoms with Crippen LogP contribution in [0.5, 0.6) is 0 Å². The third kappa shape index (κ3) is 3.61. The van der Waals surface area contributed by atoms with E-state index in [9.17, 15) is 0 Å². The van der Waals surface area contributed by atoms with E-state index in [1.807, 2.05) is 22.5 Å². The van der Waals surface area contributed by atoms with E-state index in [0.29, 0.717) is 0 Å². The third-order valence-electron chi connectivity index (χ3n) is 3.54.